The predicted octanol–water partition coefficient (Wildman–Crippen LogP) is 5.45. The van der Waals surface area contributed by atoms with Crippen molar-refractivity contribution in [3.05, 3.63) is 0 Å². The SMILES string of the molecule is CCCCCCCCCCCCCCCCCCOCC(O)COC(=O)[C@@H]1CCC(=O)N1. The van der Waals surface area contributed by atoms with E-state index in [2.05, 4.69) is 12.2 Å². The molecule has 0 aromatic rings. The Balaban J connectivity index is 1.75. The summed E-state index contributed by atoms with van der Waals surface area (Å²) < 4.78 is 10.5. The third-order valence-corrected chi connectivity index (χ3v) is 6.15. The molecule has 0 spiro atoms. The van der Waals surface area contributed by atoms with Gasteiger partial charge in [-0.2, -0.15) is 0 Å². The van der Waals surface area contributed by atoms with Gasteiger partial charge < -0.3 is 19.9 Å². The lowest BCUT2D eigenvalue weighted by atomic mass is 10.0. The highest BCUT2D eigenvalue weighted by Gasteiger charge is 2.28. The topological polar surface area (TPSA) is 84.9 Å². The molecular formula is C26H49NO5. The molecule has 0 saturated carbocycles. The van der Waals surface area contributed by atoms with E-state index in [1.54, 1.807) is 0 Å². The molecular weight excluding hydrogens is 406 g/mol. The van der Waals surface area contributed by atoms with Crippen molar-refractivity contribution in [1.82, 2.24) is 5.32 Å². The maximum Gasteiger partial charge on any atom is 0.328 e. The van der Waals surface area contributed by atoms with Gasteiger partial charge in [-0.1, -0.05) is 103 Å². The van der Waals surface area contributed by atoms with Crippen LogP contribution in [0.5, 0.6) is 0 Å². The third-order valence-electron chi connectivity index (χ3n) is 6.15. The Labute approximate surface area is 196 Å². The molecule has 0 aromatic heterocycles. The minimum atomic E-state index is -0.822. The van der Waals surface area contributed by atoms with E-state index in [0.717, 1.165) is 12.8 Å². The smallest absolute Gasteiger partial charge is 0.328 e. The molecule has 0 radical (unpaired) electrons. The Kier molecular flexibility index (Phi) is 18.5. The zero-order chi connectivity index (χ0) is 23.3. The Morgan fingerprint density at radius 2 is 1.38 bits per heavy atom. The van der Waals surface area contributed by atoms with Crippen molar-refractivity contribution in [2.24, 2.45) is 0 Å². The molecule has 1 rings (SSSR count). The average molecular weight is 456 g/mol. The van der Waals surface area contributed by atoms with Gasteiger partial charge in [-0.3, -0.25) is 4.79 Å². The number of esters is 1. The highest BCUT2D eigenvalue weighted by Crippen LogP contribution is 2.14. The summed E-state index contributed by atoms with van der Waals surface area (Å²) in [6.45, 7) is 2.98. The van der Waals surface area contributed by atoms with Gasteiger partial charge in [0.1, 0.15) is 18.8 Å². The zero-order valence-electron chi connectivity index (χ0n) is 20.6. The molecule has 1 aliphatic rings. The molecule has 1 unspecified atom stereocenters. The van der Waals surface area contributed by atoms with Crippen LogP contribution >= 0.6 is 0 Å². The molecule has 32 heavy (non-hydrogen) atoms. The first-order valence-corrected chi connectivity index (χ1v) is 13.3. The summed E-state index contributed by atoms with van der Waals surface area (Å²) >= 11 is 0. The number of ether oxygens (including phenoxy) is 2. The number of rotatable bonds is 22. The van der Waals surface area contributed by atoms with Gasteiger partial charge in [-0.25, -0.2) is 4.79 Å². The second-order valence-corrected chi connectivity index (χ2v) is 9.32. The molecule has 1 fully saturated rings. The summed E-state index contributed by atoms with van der Waals surface area (Å²) in [5.41, 5.74) is 0. The number of hydrogen-bond acceptors (Lipinski definition) is 5. The number of unbranched alkanes of at least 4 members (excludes halogenated alkanes) is 15. The second-order valence-electron chi connectivity index (χ2n) is 9.32. The Hall–Kier alpha value is -1.14. The minimum absolute atomic E-state index is 0.0931. The quantitative estimate of drug-likeness (QED) is 0.168. The van der Waals surface area contributed by atoms with Crippen molar-refractivity contribution >= 4 is 11.9 Å². The molecule has 1 heterocycles. The highest BCUT2D eigenvalue weighted by atomic mass is 16.5. The molecule has 1 aliphatic heterocycles. The van der Waals surface area contributed by atoms with E-state index in [1.807, 2.05) is 0 Å². The van der Waals surface area contributed by atoms with Crippen LogP contribution in [0.4, 0.5) is 0 Å². The van der Waals surface area contributed by atoms with E-state index >= 15 is 0 Å². The lowest BCUT2D eigenvalue weighted by molar-refractivity contribution is -0.150. The van der Waals surface area contributed by atoms with Gasteiger partial charge in [0.25, 0.3) is 0 Å². The largest absolute Gasteiger partial charge is 0.461 e. The van der Waals surface area contributed by atoms with Crippen molar-refractivity contribution in [1.29, 1.82) is 0 Å². The van der Waals surface area contributed by atoms with Gasteiger partial charge in [-0.15, -0.1) is 0 Å². The molecule has 2 N–H and O–H groups in total. The first-order valence-electron chi connectivity index (χ1n) is 13.3. The summed E-state index contributed by atoms with van der Waals surface area (Å²) in [5.74, 6) is -0.609. The Morgan fingerprint density at radius 3 is 1.84 bits per heavy atom. The number of aliphatic hydroxyl groups excluding tert-OH is 1. The number of carbonyl (C=O) groups excluding carboxylic acids is 2. The van der Waals surface area contributed by atoms with Crippen LogP contribution in [0.15, 0.2) is 0 Å². The van der Waals surface area contributed by atoms with Gasteiger partial charge in [0.2, 0.25) is 5.91 Å². The van der Waals surface area contributed by atoms with Crippen molar-refractivity contribution in [2.45, 2.75) is 135 Å². The van der Waals surface area contributed by atoms with Gasteiger partial charge in [0.05, 0.1) is 6.61 Å². The summed E-state index contributed by atoms with van der Waals surface area (Å²) in [6, 6.07) is -0.569. The predicted molar refractivity (Wildman–Crippen MR) is 128 cm³/mol. The molecule has 0 aromatic carbocycles. The summed E-state index contributed by atoms with van der Waals surface area (Å²) in [4.78, 5) is 22.8. The maximum absolute atomic E-state index is 11.7. The molecule has 2 atom stereocenters. The van der Waals surface area contributed by atoms with E-state index < -0.39 is 18.1 Å². The lowest BCUT2D eigenvalue weighted by Gasteiger charge is -2.14. The van der Waals surface area contributed by atoms with E-state index in [4.69, 9.17) is 9.47 Å². The molecule has 6 heteroatoms. The first-order chi connectivity index (χ1) is 15.6. The van der Waals surface area contributed by atoms with Crippen molar-refractivity contribution in [2.75, 3.05) is 19.8 Å². The van der Waals surface area contributed by atoms with E-state index in [-0.39, 0.29) is 19.1 Å². The number of amides is 1. The molecule has 0 bridgehead atoms. The van der Waals surface area contributed by atoms with Crippen LogP contribution in [0, 0.1) is 0 Å². The summed E-state index contributed by atoms with van der Waals surface area (Å²) in [6.07, 6.45) is 21.4. The lowest BCUT2D eigenvalue weighted by Crippen LogP contribution is -2.36. The van der Waals surface area contributed by atoms with Gasteiger partial charge in [0.15, 0.2) is 0 Å². The Bertz CT molecular complexity index is 471. The summed E-state index contributed by atoms with van der Waals surface area (Å²) in [5, 5.41) is 12.4. The van der Waals surface area contributed by atoms with Crippen LogP contribution in [-0.4, -0.2) is 48.9 Å². The fraction of sp³-hybridized carbons (Fsp3) is 0.923. The molecule has 6 nitrogen and oxygen atoms in total. The van der Waals surface area contributed by atoms with Crippen molar-refractivity contribution in [3.63, 3.8) is 0 Å². The third kappa shape index (κ3) is 16.5. The van der Waals surface area contributed by atoms with Gasteiger partial charge >= 0.3 is 5.97 Å². The van der Waals surface area contributed by atoms with Crippen LogP contribution < -0.4 is 5.32 Å². The normalized spacial score (nSPS) is 16.8. The fourth-order valence-electron chi connectivity index (χ4n) is 4.09. The van der Waals surface area contributed by atoms with E-state index in [1.165, 1.54) is 89.9 Å². The standard InChI is InChI=1S/C26H49NO5/c1-2-3-4-5-6-7-8-9-10-11-12-13-14-15-16-17-20-31-21-23(28)22-32-26(30)24-18-19-25(29)27-24/h23-24,28H,2-22H2,1H3,(H,27,29)/t23?,24-/m0/s1. The minimum Gasteiger partial charge on any atom is -0.461 e. The van der Waals surface area contributed by atoms with E-state index in [9.17, 15) is 14.7 Å². The second kappa shape index (κ2) is 20.5. The highest BCUT2D eigenvalue weighted by molar-refractivity contribution is 5.88. The summed E-state index contributed by atoms with van der Waals surface area (Å²) in [7, 11) is 0. The molecule has 0 aliphatic carbocycles. The van der Waals surface area contributed by atoms with Crippen LogP contribution in [0.1, 0.15) is 122 Å². The number of carbonyl (C=O) groups is 2. The van der Waals surface area contributed by atoms with E-state index in [0.29, 0.717) is 19.4 Å². The van der Waals surface area contributed by atoms with Crippen LogP contribution in [0.2, 0.25) is 0 Å². The number of hydrogen-bond donors (Lipinski definition) is 2. The average Bonchev–Trinajstić information content (AvgIpc) is 3.23. The van der Waals surface area contributed by atoms with Crippen LogP contribution in [0.3, 0.4) is 0 Å². The van der Waals surface area contributed by atoms with Crippen LogP contribution in [-0.2, 0) is 19.1 Å². The van der Waals surface area contributed by atoms with Crippen molar-refractivity contribution < 1.29 is 24.2 Å². The molecule has 188 valence electrons. The number of aliphatic hydroxyl groups is 1. The van der Waals surface area contributed by atoms with Gasteiger partial charge in [0, 0.05) is 13.0 Å². The zero-order valence-corrected chi connectivity index (χ0v) is 20.6. The maximum atomic E-state index is 11.7. The van der Waals surface area contributed by atoms with Crippen LogP contribution in [0.25, 0.3) is 0 Å². The van der Waals surface area contributed by atoms with Gasteiger partial charge in [-0.05, 0) is 12.8 Å². The monoisotopic (exact) mass is 455 g/mol. The fourth-order valence-corrected chi connectivity index (χ4v) is 4.09. The molecule has 1 saturated heterocycles. The molecule has 1 amide bonds. The number of nitrogens with one attached hydrogen (secondary N) is 1. The van der Waals surface area contributed by atoms with Crippen molar-refractivity contribution in [3.8, 4) is 0 Å². The first kappa shape index (κ1) is 28.9. The Morgan fingerprint density at radius 1 is 0.875 bits per heavy atom.